The molecule has 2 unspecified atom stereocenters. The summed E-state index contributed by atoms with van der Waals surface area (Å²) in [6, 6.07) is 46.6. The zero-order valence-corrected chi connectivity index (χ0v) is 35.6. The minimum atomic E-state index is -1.17. The number of carbonyl (C=O) groups excluding carboxylic acids is 2. The summed E-state index contributed by atoms with van der Waals surface area (Å²) in [4.78, 5) is 28.7. The first-order valence-corrected chi connectivity index (χ1v) is 21.4. The van der Waals surface area contributed by atoms with Crippen molar-refractivity contribution in [3.8, 4) is 11.5 Å². The molecule has 0 aliphatic carbocycles. The Balaban J connectivity index is 1.16. The summed E-state index contributed by atoms with van der Waals surface area (Å²) in [5, 5.41) is 0. The molecule has 2 atom stereocenters. The Morgan fingerprint density at radius 2 is 0.730 bits per heavy atom. The molecule has 63 heavy (non-hydrogen) atoms. The van der Waals surface area contributed by atoms with Gasteiger partial charge >= 0.3 is 11.9 Å². The lowest BCUT2D eigenvalue weighted by Crippen LogP contribution is -2.42. The van der Waals surface area contributed by atoms with Crippen molar-refractivity contribution >= 4 is 11.9 Å². The topological polar surface area (TPSA) is 117 Å². The monoisotopic (exact) mass is 852 g/mol. The van der Waals surface area contributed by atoms with Crippen LogP contribution in [0.2, 0.25) is 0 Å². The van der Waals surface area contributed by atoms with Crippen molar-refractivity contribution in [1.82, 2.24) is 0 Å². The molecule has 2 bridgehead atoms. The predicted octanol–water partition coefficient (Wildman–Crippen LogP) is 8.32. The number of hydrogen-bond donors (Lipinski definition) is 0. The van der Waals surface area contributed by atoms with E-state index in [1.807, 2.05) is 140 Å². The van der Waals surface area contributed by atoms with Crippen LogP contribution in [0.15, 0.2) is 168 Å². The van der Waals surface area contributed by atoms with Gasteiger partial charge in [-0.2, -0.15) is 0 Å². The molecule has 11 heteroatoms. The Kier molecular flexibility index (Phi) is 13.9. The Hall–Kier alpha value is -6.40. The van der Waals surface area contributed by atoms with Crippen molar-refractivity contribution in [2.45, 2.75) is 25.0 Å². The first-order valence-electron chi connectivity index (χ1n) is 21.4. The number of hydrogen-bond acceptors (Lipinski definition) is 11. The van der Waals surface area contributed by atoms with E-state index in [1.165, 1.54) is 0 Å². The van der Waals surface area contributed by atoms with Gasteiger partial charge in [-0.3, -0.25) is 0 Å². The van der Waals surface area contributed by atoms with Gasteiger partial charge in [-0.15, -0.1) is 0 Å². The molecule has 326 valence electrons. The van der Waals surface area contributed by atoms with Crippen LogP contribution in [0.25, 0.3) is 0 Å². The molecule has 0 fully saturated rings. The third-order valence-corrected chi connectivity index (χ3v) is 11.6. The number of rotatable bonds is 4. The molecule has 11 nitrogen and oxygen atoms in total. The summed E-state index contributed by atoms with van der Waals surface area (Å²) >= 11 is 0. The van der Waals surface area contributed by atoms with Crippen molar-refractivity contribution in [1.29, 1.82) is 0 Å². The fourth-order valence-corrected chi connectivity index (χ4v) is 8.86. The van der Waals surface area contributed by atoms with Gasteiger partial charge in [0.25, 0.3) is 0 Å². The molecule has 0 N–H and O–H groups in total. The van der Waals surface area contributed by atoms with E-state index in [-0.39, 0.29) is 66.1 Å². The van der Waals surface area contributed by atoms with E-state index in [2.05, 4.69) is 0 Å². The number of cyclic esters (lactones) is 2. The van der Waals surface area contributed by atoms with Crippen LogP contribution in [0.4, 0.5) is 0 Å². The second-order valence-electron chi connectivity index (χ2n) is 15.4. The van der Waals surface area contributed by atoms with Crippen molar-refractivity contribution in [3.63, 3.8) is 0 Å². The molecule has 3 heterocycles. The largest absolute Gasteiger partial charge is 0.491 e. The van der Waals surface area contributed by atoms with E-state index in [1.54, 1.807) is 19.9 Å². The molecule has 0 aromatic heterocycles. The summed E-state index contributed by atoms with van der Waals surface area (Å²) in [6.07, 6.45) is 0. The van der Waals surface area contributed by atoms with Crippen LogP contribution in [-0.4, -0.2) is 78.0 Å². The second kappa shape index (κ2) is 20.2. The zero-order chi connectivity index (χ0) is 43.5. The first-order chi connectivity index (χ1) is 30.9. The minimum Gasteiger partial charge on any atom is -0.491 e. The third kappa shape index (κ3) is 9.22. The maximum Gasteiger partial charge on any atom is 0.338 e. The molecule has 3 aliphatic rings. The van der Waals surface area contributed by atoms with Gasteiger partial charge < -0.3 is 42.6 Å². The van der Waals surface area contributed by atoms with Crippen LogP contribution >= 0.6 is 0 Å². The summed E-state index contributed by atoms with van der Waals surface area (Å²) in [5.41, 5.74) is 1.69. The molecule has 0 spiro atoms. The van der Waals surface area contributed by atoms with Gasteiger partial charge in [-0.25, -0.2) is 9.59 Å². The number of allylic oxidation sites excluding steroid dienone is 2. The number of ether oxygens (including phenoxy) is 9. The summed E-state index contributed by atoms with van der Waals surface area (Å²) in [6.45, 7) is 5.03. The minimum absolute atomic E-state index is 0.00386. The van der Waals surface area contributed by atoms with Gasteiger partial charge in [0.05, 0.1) is 62.6 Å². The molecule has 0 saturated heterocycles. The van der Waals surface area contributed by atoms with Gasteiger partial charge in [-0.05, 0) is 26.0 Å². The van der Waals surface area contributed by atoms with E-state index in [0.717, 1.165) is 22.3 Å². The lowest BCUT2D eigenvalue weighted by atomic mass is 9.73. The van der Waals surface area contributed by atoms with Crippen molar-refractivity contribution < 1.29 is 52.2 Å². The highest BCUT2D eigenvalue weighted by Crippen LogP contribution is 2.54. The highest BCUT2D eigenvalue weighted by molar-refractivity contribution is 5.91. The third-order valence-electron chi connectivity index (χ3n) is 11.6. The van der Waals surface area contributed by atoms with E-state index in [9.17, 15) is 9.59 Å². The van der Waals surface area contributed by atoms with Crippen molar-refractivity contribution in [2.75, 3.05) is 66.1 Å². The van der Waals surface area contributed by atoms with E-state index in [4.69, 9.17) is 42.6 Å². The number of benzene rings is 5. The summed E-state index contributed by atoms with van der Waals surface area (Å²) in [7, 11) is 0. The molecular weight excluding hydrogens is 801 g/mol. The smallest absolute Gasteiger partial charge is 0.338 e. The summed E-state index contributed by atoms with van der Waals surface area (Å²) < 4.78 is 56.0. The van der Waals surface area contributed by atoms with Gasteiger partial charge in [0, 0.05) is 28.3 Å². The number of esters is 2. The Morgan fingerprint density at radius 3 is 1.08 bits per heavy atom. The molecule has 8 rings (SSSR count). The van der Waals surface area contributed by atoms with E-state index >= 15 is 0 Å². The average molecular weight is 853 g/mol. The second-order valence-corrected chi connectivity index (χ2v) is 15.4. The maximum atomic E-state index is 14.4. The van der Waals surface area contributed by atoms with Crippen LogP contribution in [-0.2, 0) is 53.9 Å². The average Bonchev–Trinajstić information content (AvgIpc) is 3.80. The molecule has 5 aromatic carbocycles. The molecule has 5 aromatic rings. The Labute approximate surface area is 368 Å². The first kappa shape index (κ1) is 43.3. The molecule has 0 saturated carbocycles. The molecular formula is C52H52O11. The lowest BCUT2D eigenvalue weighted by molar-refractivity contribution is -0.142. The van der Waals surface area contributed by atoms with Crippen LogP contribution in [0.5, 0.6) is 11.5 Å². The van der Waals surface area contributed by atoms with Gasteiger partial charge in [0.2, 0.25) is 0 Å². The van der Waals surface area contributed by atoms with E-state index < -0.39 is 35.0 Å². The van der Waals surface area contributed by atoms with Gasteiger partial charge in [0.15, 0.2) is 11.2 Å². The van der Waals surface area contributed by atoms with Crippen LogP contribution in [0, 0.1) is 11.8 Å². The quantitative estimate of drug-likeness (QED) is 0.163. The van der Waals surface area contributed by atoms with Gasteiger partial charge in [-0.1, -0.05) is 127 Å². The Bertz CT molecular complexity index is 2120. The number of fused-ring (bicyclic) bond motifs is 4. The normalized spacial score (nSPS) is 21.3. The standard InChI is InChI=1S/C52H52O11/c1-37-47-45(51(62-37,39-16-7-3-8-17-39)40-18-9-4-10-19-40)35-57-36-46-48(38(2)63-52(46,41-20-11-5-12-21-41)42-22-13-6-14-23-42)50(54)61-33-29-56-27-31-59-44-25-15-24-43(34-44)58-30-26-55-28-32-60-49(47)53/h3-25,34,45-46H,26-33,35-36H2,1-2H3. The molecule has 3 aliphatic heterocycles. The zero-order valence-electron chi connectivity index (χ0n) is 35.6. The van der Waals surface area contributed by atoms with Crippen molar-refractivity contribution in [3.05, 3.63) is 191 Å². The summed E-state index contributed by atoms with van der Waals surface area (Å²) in [5.74, 6) is -0.374. The molecule has 0 radical (unpaired) electrons. The fourth-order valence-electron chi connectivity index (χ4n) is 8.86. The lowest BCUT2D eigenvalue weighted by Gasteiger charge is -2.38. The van der Waals surface area contributed by atoms with E-state index in [0.29, 0.717) is 34.2 Å². The highest BCUT2D eigenvalue weighted by atomic mass is 16.6. The van der Waals surface area contributed by atoms with Gasteiger partial charge in [0.1, 0.15) is 49.4 Å². The highest BCUT2D eigenvalue weighted by Gasteiger charge is 2.56. The number of carbonyl (C=O) groups is 2. The Morgan fingerprint density at radius 1 is 0.397 bits per heavy atom. The maximum absolute atomic E-state index is 14.4. The predicted molar refractivity (Wildman–Crippen MR) is 234 cm³/mol. The SMILES string of the molecule is CC1=C2C(=O)OCCOCCOc3cccc(c3)OCCOCCOC(=O)C3=C(C)OC(c4ccccc4)(c4ccccc4)C3COCC2C(c2ccccc2)(c2ccccc2)O1. The fraction of sp³-hybridized carbons (Fsp3) is 0.308. The van der Waals surface area contributed by atoms with Crippen LogP contribution in [0.3, 0.4) is 0 Å². The molecule has 0 amide bonds. The van der Waals surface area contributed by atoms with Crippen molar-refractivity contribution in [2.24, 2.45) is 11.8 Å². The van der Waals surface area contributed by atoms with Crippen LogP contribution < -0.4 is 9.47 Å². The van der Waals surface area contributed by atoms with Crippen LogP contribution in [0.1, 0.15) is 36.1 Å².